The van der Waals surface area contributed by atoms with E-state index in [0.29, 0.717) is 10.3 Å². The molecule has 0 aliphatic carbocycles. The molecular weight excluding hydrogens is 332 g/mol. The number of hydrogen-bond acceptors (Lipinski definition) is 7. The Morgan fingerprint density at radius 1 is 0.480 bits per heavy atom. The fourth-order valence-corrected chi connectivity index (χ4v) is 2.85. The van der Waals surface area contributed by atoms with Gasteiger partial charge in [0.05, 0.1) is 22.8 Å². The normalized spacial score (nSPS) is 10.6. The number of rotatable bonds is 4. The van der Waals surface area contributed by atoms with Crippen LogP contribution < -0.4 is 0 Å². The highest BCUT2D eigenvalue weighted by molar-refractivity contribution is 7.99. The first-order valence-electron chi connectivity index (χ1n) is 7.55. The fourth-order valence-electron chi connectivity index (χ4n) is 2.18. The largest absolute Gasteiger partial charge is 0.255 e. The van der Waals surface area contributed by atoms with Crippen LogP contribution in [0.15, 0.2) is 83.6 Å². The highest BCUT2D eigenvalue weighted by Crippen LogP contribution is 2.24. The van der Waals surface area contributed by atoms with E-state index in [1.54, 1.807) is 24.8 Å². The molecule has 6 nitrogen and oxygen atoms in total. The lowest BCUT2D eigenvalue weighted by atomic mass is 10.3. The second kappa shape index (κ2) is 7.14. The van der Waals surface area contributed by atoms with E-state index in [4.69, 9.17) is 0 Å². The van der Waals surface area contributed by atoms with Crippen LogP contribution >= 0.6 is 11.8 Å². The molecule has 7 heteroatoms. The summed E-state index contributed by atoms with van der Waals surface area (Å²) < 4.78 is 0. The average molecular weight is 344 g/mol. The Bertz CT molecular complexity index is 898. The van der Waals surface area contributed by atoms with E-state index in [-0.39, 0.29) is 0 Å². The van der Waals surface area contributed by atoms with Crippen molar-refractivity contribution in [2.45, 2.75) is 10.3 Å². The van der Waals surface area contributed by atoms with Gasteiger partial charge in [0.1, 0.15) is 0 Å². The van der Waals surface area contributed by atoms with Gasteiger partial charge in [0.15, 0.2) is 10.3 Å². The quantitative estimate of drug-likeness (QED) is 0.524. The van der Waals surface area contributed by atoms with Crippen molar-refractivity contribution in [3.8, 4) is 22.8 Å². The summed E-state index contributed by atoms with van der Waals surface area (Å²) in [7, 11) is 0. The van der Waals surface area contributed by atoms with Gasteiger partial charge in [-0.2, -0.15) is 0 Å². The standard InChI is InChI=1S/C18H12N6S/c1-3-9-19-13(5-1)15-7-11-21-17(23-15)25-18-22-12-8-16(24-18)14-6-2-4-10-20-14/h1-12H. The Morgan fingerprint density at radius 3 is 1.44 bits per heavy atom. The maximum Gasteiger partial charge on any atom is 0.196 e. The summed E-state index contributed by atoms with van der Waals surface area (Å²) >= 11 is 1.31. The second-order valence-electron chi connectivity index (χ2n) is 4.98. The minimum atomic E-state index is 0.571. The molecule has 0 saturated heterocycles. The minimum Gasteiger partial charge on any atom is -0.255 e. The lowest BCUT2D eigenvalue weighted by Gasteiger charge is -2.04. The molecule has 0 radical (unpaired) electrons. The smallest absolute Gasteiger partial charge is 0.196 e. The Labute approximate surface area is 148 Å². The van der Waals surface area contributed by atoms with Gasteiger partial charge < -0.3 is 0 Å². The van der Waals surface area contributed by atoms with Crippen LogP contribution in [0.25, 0.3) is 22.8 Å². The molecule has 4 aromatic rings. The zero-order valence-corrected chi connectivity index (χ0v) is 13.8. The van der Waals surface area contributed by atoms with Gasteiger partial charge in [0.25, 0.3) is 0 Å². The molecule has 0 saturated carbocycles. The third kappa shape index (κ3) is 3.67. The zero-order chi connectivity index (χ0) is 16.9. The van der Waals surface area contributed by atoms with Crippen molar-refractivity contribution in [1.29, 1.82) is 0 Å². The van der Waals surface area contributed by atoms with Crippen LogP contribution in [0, 0.1) is 0 Å². The molecule has 120 valence electrons. The van der Waals surface area contributed by atoms with Gasteiger partial charge in [-0.1, -0.05) is 12.1 Å². The summed E-state index contributed by atoms with van der Waals surface area (Å²) in [6.07, 6.45) is 6.90. The average Bonchev–Trinajstić information content (AvgIpc) is 2.70. The maximum absolute atomic E-state index is 4.53. The van der Waals surface area contributed by atoms with Crippen molar-refractivity contribution in [3.05, 3.63) is 73.3 Å². The van der Waals surface area contributed by atoms with Crippen LogP contribution in [0.5, 0.6) is 0 Å². The van der Waals surface area contributed by atoms with Crippen molar-refractivity contribution in [3.63, 3.8) is 0 Å². The molecular formula is C18H12N6S. The summed E-state index contributed by atoms with van der Waals surface area (Å²) in [5.41, 5.74) is 3.13. The summed E-state index contributed by atoms with van der Waals surface area (Å²) in [4.78, 5) is 26.3. The van der Waals surface area contributed by atoms with E-state index >= 15 is 0 Å². The predicted molar refractivity (Wildman–Crippen MR) is 94.6 cm³/mol. The third-order valence-electron chi connectivity index (χ3n) is 3.30. The van der Waals surface area contributed by atoms with E-state index in [2.05, 4.69) is 29.9 Å². The van der Waals surface area contributed by atoms with Crippen molar-refractivity contribution >= 4 is 11.8 Å². The molecule has 0 bridgehead atoms. The van der Waals surface area contributed by atoms with Crippen LogP contribution in [0.4, 0.5) is 0 Å². The molecule has 0 fully saturated rings. The van der Waals surface area contributed by atoms with E-state index in [1.165, 1.54) is 11.8 Å². The Morgan fingerprint density at radius 2 is 1.00 bits per heavy atom. The van der Waals surface area contributed by atoms with Crippen LogP contribution in [-0.2, 0) is 0 Å². The topological polar surface area (TPSA) is 77.3 Å². The van der Waals surface area contributed by atoms with Gasteiger partial charge in [0.2, 0.25) is 0 Å². The van der Waals surface area contributed by atoms with Crippen molar-refractivity contribution < 1.29 is 0 Å². The van der Waals surface area contributed by atoms with Gasteiger partial charge in [0, 0.05) is 24.8 Å². The highest BCUT2D eigenvalue weighted by Gasteiger charge is 2.08. The van der Waals surface area contributed by atoms with Gasteiger partial charge >= 0.3 is 0 Å². The van der Waals surface area contributed by atoms with E-state index < -0.39 is 0 Å². The first-order chi connectivity index (χ1) is 12.4. The number of nitrogens with zero attached hydrogens (tertiary/aromatic N) is 6. The lowest BCUT2D eigenvalue weighted by Crippen LogP contribution is -1.94. The first-order valence-corrected chi connectivity index (χ1v) is 8.37. The minimum absolute atomic E-state index is 0.571. The maximum atomic E-state index is 4.53. The molecule has 4 heterocycles. The van der Waals surface area contributed by atoms with Gasteiger partial charge in [-0.15, -0.1) is 0 Å². The van der Waals surface area contributed by atoms with Crippen molar-refractivity contribution in [2.75, 3.05) is 0 Å². The number of aromatic nitrogens is 6. The summed E-state index contributed by atoms with van der Waals surface area (Å²) in [5, 5.41) is 1.14. The monoisotopic (exact) mass is 344 g/mol. The molecule has 0 spiro atoms. The van der Waals surface area contributed by atoms with Crippen LogP contribution in [0.1, 0.15) is 0 Å². The second-order valence-corrected chi connectivity index (χ2v) is 5.92. The molecule has 25 heavy (non-hydrogen) atoms. The van der Waals surface area contributed by atoms with Gasteiger partial charge in [-0.25, -0.2) is 19.9 Å². The number of pyridine rings is 2. The highest BCUT2D eigenvalue weighted by atomic mass is 32.2. The third-order valence-corrected chi connectivity index (χ3v) is 4.06. The summed E-state index contributed by atoms with van der Waals surface area (Å²) in [6.45, 7) is 0. The van der Waals surface area contributed by atoms with Crippen LogP contribution in [0.2, 0.25) is 0 Å². The molecule has 0 aliphatic rings. The molecule has 4 aromatic heterocycles. The first kappa shape index (κ1) is 15.3. The SMILES string of the molecule is c1ccc(-c2ccnc(Sc3nccc(-c4ccccn4)n3)n2)nc1. The van der Waals surface area contributed by atoms with E-state index in [9.17, 15) is 0 Å². The molecule has 0 atom stereocenters. The molecule has 0 aromatic carbocycles. The van der Waals surface area contributed by atoms with Gasteiger partial charge in [-0.3, -0.25) is 9.97 Å². The summed E-state index contributed by atoms with van der Waals surface area (Å²) in [6, 6.07) is 15.1. The molecule has 0 N–H and O–H groups in total. The van der Waals surface area contributed by atoms with E-state index in [0.717, 1.165) is 22.8 Å². The van der Waals surface area contributed by atoms with Crippen molar-refractivity contribution in [2.24, 2.45) is 0 Å². The lowest BCUT2D eigenvalue weighted by molar-refractivity contribution is 0.928. The van der Waals surface area contributed by atoms with Crippen molar-refractivity contribution in [1.82, 2.24) is 29.9 Å². The fraction of sp³-hybridized carbons (Fsp3) is 0. The Hall–Kier alpha value is -3.19. The molecule has 0 aliphatic heterocycles. The van der Waals surface area contributed by atoms with E-state index in [1.807, 2.05) is 48.5 Å². The van der Waals surface area contributed by atoms with Crippen LogP contribution in [0.3, 0.4) is 0 Å². The molecule has 0 unspecified atom stereocenters. The molecule has 4 rings (SSSR count). The Kier molecular flexibility index (Phi) is 4.38. The van der Waals surface area contributed by atoms with Gasteiger partial charge in [-0.05, 0) is 48.2 Å². The van der Waals surface area contributed by atoms with Crippen LogP contribution in [-0.4, -0.2) is 29.9 Å². The Balaban J connectivity index is 1.61. The predicted octanol–water partition coefficient (Wildman–Crippen LogP) is 3.54. The summed E-state index contributed by atoms with van der Waals surface area (Å²) in [5.74, 6) is 0. The zero-order valence-electron chi connectivity index (χ0n) is 13.0. The molecule has 0 amide bonds. The number of hydrogen-bond donors (Lipinski definition) is 0.